The van der Waals surface area contributed by atoms with Crippen molar-refractivity contribution in [2.75, 3.05) is 16.8 Å². The molecule has 0 atom stereocenters. The number of rotatable bonds is 5. The molecule has 1 aromatic heterocycles. The van der Waals surface area contributed by atoms with Gasteiger partial charge in [-0.25, -0.2) is 9.97 Å². The minimum atomic E-state index is -0.237. The highest BCUT2D eigenvalue weighted by Gasteiger charge is 2.16. The minimum Gasteiger partial charge on any atom is -0.327 e. The minimum absolute atomic E-state index is 0.237. The number of aromatic nitrogens is 2. The van der Waals surface area contributed by atoms with E-state index in [9.17, 15) is 4.79 Å². The van der Waals surface area contributed by atoms with Crippen molar-refractivity contribution >= 4 is 23.1 Å². The van der Waals surface area contributed by atoms with E-state index < -0.39 is 0 Å². The number of benzene rings is 2. The van der Waals surface area contributed by atoms with Crippen LogP contribution < -0.4 is 10.2 Å². The van der Waals surface area contributed by atoms with Crippen LogP contribution in [0.25, 0.3) is 0 Å². The Morgan fingerprint density at radius 2 is 1.74 bits per heavy atom. The molecule has 3 aromatic rings. The summed E-state index contributed by atoms with van der Waals surface area (Å²) in [5.74, 6) is 1.04. The second kappa shape index (κ2) is 7.99. The predicted molar refractivity (Wildman–Crippen MR) is 110 cm³/mol. The van der Waals surface area contributed by atoms with Gasteiger partial charge in [0, 0.05) is 24.0 Å². The second-order valence-electron chi connectivity index (χ2n) is 6.44. The number of anilines is 3. The van der Waals surface area contributed by atoms with Crippen molar-refractivity contribution in [2.24, 2.45) is 0 Å². The molecule has 0 aliphatic heterocycles. The Bertz CT molecular complexity index is 954. The number of amides is 1. The van der Waals surface area contributed by atoms with Crippen molar-refractivity contribution in [3.63, 3.8) is 0 Å². The molecule has 5 heteroatoms. The van der Waals surface area contributed by atoms with Gasteiger partial charge in [0.2, 0.25) is 0 Å². The van der Waals surface area contributed by atoms with Crippen LogP contribution in [0, 0.1) is 20.8 Å². The summed E-state index contributed by atoms with van der Waals surface area (Å²) in [5, 5.41) is 2.97. The molecule has 0 unspecified atom stereocenters. The number of nitrogens with one attached hydrogen (secondary N) is 1. The van der Waals surface area contributed by atoms with Crippen molar-refractivity contribution in [1.29, 1.82) is 0 Å². The predicted octanol–water partition coefficient (Wildman–Crippen LogP) is 4.81. The fourth-order valence-electron chi connectivity index (χ4n) is 2.96. The zero-order chi connectivity index (χ0) is 19.4. The van der Waals surface area contributed by atoms with E-state index >= 15 is 0 Å². The van der Waals surface area contributed by atoms with Gasteiger partial charge < -0.3 is 10.2 Å². The zero-order valence-corrected chi connectivity index (χ0v) is 16.2. The van der Waals surface area contributed by atoms with Crippen molar-refractivity contribution in [2.45, 2.75) is 27.7 Å². The maximum Gasteiger partial charge on any atom is 0.274 e. The van der Waals surface area contributed by atoms with Gasteiger partial charge in [0.25, 0.3) is 5.91 Å². The van der Waals surface area contributed by atoms with Crippen LogP contribution in [0.15, 0.2) is 54.6 Å². The number of hydrogen-bond acceptors (Lipinski definition) is 4. The van der Waals surface area contributed by atoms with Crippen LogP contribution in [0.2, 0.25) is 0 Å². The average Bonchev–Trinajstić information content (AvgIpc) is 2.66. The van der Waals surface area contributed by atoms with E-state index in [-0.39, 0.29) is 5.91 Å². The lowest BCUT2D eigenvalue weighted by Gasteiger charge is -2.22. The molecule has 3 rings (SSSR count). The fraction of sp³-hybridized carbons (Fsp3) is 0.227. The van der Waals surface area contributed by atoms with E-state index in [4.69, 9.17) is 0 Å². The quantitative estimate of drug-likeness (QED) is 0.709. The van der Waals surface area contributed by atoms with Crippen LogP contribution in [0.5, 0.6) is 0 Å². The standard InChI is InChI=1S/C22H24N4O/c1-5-26(18-11-7-6-8-12-18)21-14-20(23-17(4)24-21)22(27)25-19-13-9-10-15(2)16(19)3/h6-14H,5H2,1-4H3,(H,25,27). The Balaban J connectivity index is 1.93. The molecule has 0 bridgehead atoms. The molecule has 0 fully saturated rings. The lowest BCUT2D eigenvalue weighted by atomic mass is 10.1. The molecule has 0 spiro atoms. The van der Waals surface area contributed by atoms with E-state index in [1.807, 2.05) is 62.4 Å². The summed E-state index contributed by atoms with van der Waals surface area (Å²) in [7, 11) is 0. The van der Waals surface area contributed by atoms with Gasteiger partial charge in [-0.05, 0) is 57.0 Å². The molecule has 2 aromatic carbocycles. The molecular formula is C22H24N4O. The molecule has 0 radical (unpaired) electrons. The maximum absolute atomic E-state index is 12.8. The molecule has 0 aliphatic carbocycles. The van der Waals surface area contributed by atoms with Gasteiger partial charge in [-0.2, -0.15) is 0 Å². The third kappa shape index (κ3) is 4.14. The summed E-state index contributed by atoms with van der Waals surface area (Å²) in [6.45, 7) is 8.61. The Hall–Kier alpha value is -3.21. The smallest absolute Gasteiger partial charge is 0.274 e. The molecule has 138 valence electrons. The summed E-state index contributed by atoms with van der Waals surface area (Å²) in [5.41, 5.74) is 4.37. The van der Waals surface area contributed by atoms with Crippen molar-refractivity contribution < 1.29 is 4.79 Å². The summed E-state index contributed by atoms with van der Waals surface area (Å²) in [6.07, 6.45) is 0. The number of carbonyl (C=O) groups excluding carboxylic acids is 1. The first kappa shape index (κ1) is 18.6. The average molecular weight is 360 g/mol. The molecule has 1 heterocycles. The van der Waals surface area contributed by atoms with Gasteiger partial charge in [0.1, 0.15) is 17.3 Å². The summed E-state index contributed by atoms with van der Waals surface area (Å²) >= 11 is 0. The van der Waals surface area contributed by atoms with Gasteiger partial charge in [-0.15, -0.1) is 0 Å². The van der Waals surface area contributed by atoms with E-state index in [0.717, 1.165) is 29.0 Å². The number of aryl methyl sites for hydroxylation is 2. The van der Waals surface area contributed by atoms with Crippen LogP contribution in [-0.2, 0) is 0 Å². The number of hydrogen-bond donors (Lipinski definition) is 1. The van der Waals surface area contributed by atoms with Crippen molar-refractivity contribution in [3.8, 4) is 0 Å². The fourth-order valence-corrected chi connectivity index (χ4v) is 2.96. The van der Waals surface area contributed by atoms with Crippen LogP contribution in [0.3, 0.4) is 0 Å². The molecule has 0 aliphatic rings. The third-order valence-corrected chi connectivity index (χ3v) is 4.57. The van der Waals surface area contributed by atoms with Gasteiger partial charge in [0.05, 0.1) is 0 Å². The third-order valence-electron chi connectivity index (χ3n) is 4.57. The van der Waals surface area contributed by atoms with E-state index in [1.54, 1.807) is 13.0 Å². The zero-order valence-electron chi connectivity index (χ0n) is 16.2. The maximum atomic E-state index is 12.8. The molecule has 0 saturated carbocycles. The van der Waals surface area contributed by atoms with Gasteiger partial charge >= 0.3 is 0 Å². The monoisotopic (exact) mass is 360 g/mol. The molecule has 1 amide bonds. The molecule has 5 nitrogen and oxygen atoms in total. The largest absolute Gasteiger partial charge is 0.327 e. The molecule has 27 heavy (non-hydrogen) atoms. The van der Waals surface area contributed by atoms with Crippen LogP contribution in [-0.4, -0.2) is 22.4 Å². The van der Waals surface area contributed by atoms with E-state index in [0.29, 0.717) is 17.3 Å². The first-order chi connectivity index (χ1) is 13.0. The Morgan fingerprint density at radius 1 is 1.00 bits per heavy atom. The van der Waals surface area contributed by atoms with Gasteiger partial charge in [-0.3, -0.25) is 4.79 Å². The normalized spacial score (nSPS) is 10.5. The SMILES string of the molecule is CCN(c1ccccc1)c1cc(C(=O)Nc2cccc(C)c2C)nc(C)n1. The number of nitrogens with zero attached hydrogens (tertiary/aromatic N) is 3. The Kier molecular flexibility index (Phi) is 5.50. The molecule has 0 saturated heterocycles. The van der Waals surface area contributed by atoms with Crippen molar-refractivity contribution in [1.82, 2.24) is 9.97 Å². The van der Waals surface area contributed by atoms with Crippen molar-refractivity contribution in [3.05, 3.63) is 77.2 Å². The topological polar surface area (TPSA) is 58.1 Å². The van der Waals surface area contributed by atoms with Gasteiger partial charge in [-0.1, -0.05) is 30.3 Å². The van der Waals surface area contributed by atoms with Crippen LogP contribution in [0.4, 0.5) is 17.2 Å². The highest BCUT2D eigenvalue weighted by molar-refractivity contribution is 6.03. The molecule has 1 N–H and O–H groups in total. The highest BCUT2D eigenvalue weighted by Crippen LogP contribution is 2.24. The lowest BCUT2D eigenvalue weighted by Crippen LogP contribution is -2.21. The Labute approximate surface area is 160 Å². The Morgan fingerprint density at radius 3 is 2.44 bits per heavy atom. The van der Waals surface area contributed by atoms with Crippen LogP contribution >= 0.6 is 0 Å². The van der Waals surface area contributed by atoms with E-state index in [1.165, 1.54) is 0 Å². The number of carbonyl (C=O) groups is 1. The summed E-state index contributed by atoms with van der Waals surface area (Å²) in [6, 6.07) is 17.6. The first-order valence-electron chi connectivity index (χ1n) is 9.05. The summed E-state index contributed by atoms with van der Waals surface area (Å²) < 4.78 is 0. The first-order valence-corrected chi connectivity index (χ1v) is 9.05. The highest BCUT2D eigenvalue weighted by atomic mass is 16.1. The lowest BCUT2D eigenvalue weighted by molar-refractivity contribution is 0.102. The van der Waals surface area contributed by atoms with E-state index in [2.05, 4.69) is 27.1 Å². The second-order valence-corrected chi connectivity index (χ2v) is 6.44. The summed E-state index contributed by atoms with van der Waals surface area (Å²) in [4.78, 5) is 23.7. The van der Waals surface area contributed by atoms with Gasteiger partial charge in [0.15, 0.2) is 0 Å². The number of para-hydroxylation sites is 1. The molecular weight excluding hydrogens is 336 g/mol. The van der Waals surface area contributed by atoms with Crippen LogP contribution in [0.1, 0.15) is 34.4 Å².